The van der Waals surface area contributed by atoms with Crippen LogP contribution in [-0.2, 0) is 32.6 Å². The fourth-order valence-electron chi connectivity index (χ4n) is 5.29. The first-order valence-electron chi connectivity index (χ1n) is 14.1. The maximum absolute atomic E-state index is 14.2. The smallest absolute Gasteiger partial charge is 0.244 e. The van der Waals surface area contributed by atoms with Crippen LogP contribution >= 0.6 is 11.6 Å². The largest absolute Gasteiger partial charge is 0.497 e. The van der Waals surface area contributed by atoms with Crippen molar-refractivity contribution in [3.8, 4) is 5.75 Å². The number of carbonyl (C=O) groups excluding carboxylic acids is 2. The number of hydrogen-bond acceptors (Lipinski definition) is 5. The summed E-state index contributed by atoms with van der Waals surface area (Å²) in [7, 11) is -2.33. The number of ether oxygens (including phenoxy) is 1. The van der Waals surface area contributed by atoms with Gasteiger partial charge in [0.25, 0.3) is 0 Å². The van der Waals surface area contributed by atoms with Gasteiger partial charge in [0.15, 0.2) is 0 Å². The minimum atomic E-state index is -3.85. The fraction of sp³-hybridized carbons (Fsp3) is 0.375. The van der Waals surface area contributed by atoms with Crippen molar-refractivity contribution in [2.45, 2.75) is 57.2 Å². The van der Waals surface area contributed by atoms with E-state index in [-0.39, 0.29) is 24.9 Å². The Bertz CT molecular complexity index is 1440. The van der Waals surface area contributed by atoms with E-state index in [1.807, 2.05) is 36.4 Å². The average Bonchev–Trinajstić information content (AvgIpc) is 2.98. The maximum atomic E-state index is 14.2. The number of rotatable bonds is 12. The summed E-state index contributed by atoms with van der Waals surface area (Å²) >= 11 is 6.28. The lowest BCUT2D eigenvalue weighted by atomic mass is 9.94. The molecule has 1 saturated carbocycles. The van der Waals surface area contributed by atoms with E-state index >= 15 is 0 Å². The Balaban J connectivity index is 1.71. The Labute approximate surface area is 253 Å². The molecule has 1 fully saturated rings. The van der Waals surface area contributed by atoms with Gasteiger partial charge >= 0.3 is 0 Å². The van der Waals surface area contributed by atoms with Gasteiger partial charge in [-0.15, -0.1) is 0 Å². The summed E-state index contributed by atoms with van der Waals surface area (Å²) in [5.74, 6) is -0.198. The van der Waals surface area contributed by atoms with E-state index in [9.17, 15) is 18.0 Å². The minimum Gasteiger partial charge on any atom is -0.497 e. The molecule has 224 valence electrons. The molecule has 4 rings (SSSR count). The Morgan fingerprint density at radius 1 is 0.952 bits per heavy atom. The summed E-state index contributed by atoms with van der Waals surface area (Å²) < 4.78 is 32.1. The van der Waals surface area contributed by atoms with Crippen molar-refractivity contribution in [1.29, 1.82) is 0 Å². The molecule has 0 heterocycles. The number of halogens is 1. The lowest BCUT2D eigenvalue weighted by molar-refractivity contribution is -0.140. The first kappa shape index (κ1) is 31.4. The fourth-order valence-corrected chi connectivity index (χ4v) is 6.35. The van der Waals surface area contributed by atoms with Gasteiger partial charge in [-0.25, -0.2) is 8.42 Å². The van der Waals surface area contributed by atoms with Gasteiger partial charge in [-0.05, 0) is 60.4 Å². The molecule has 1 N–H and O–H groups in total. The molecule has 42 heavy (non-hydrogen) atoms. The van der Waals surface area contributed by atoms with Gasteiger partial charge < -0.3 is 15.0 Å². The zero-order chi connectivity index (χ0) is 30.1. The highest BCUT2D eigenvalue weighted by Gasteiger charge is 2.34. The molecule has 0 spiro atoms. The number of nitrogens with zero attached hydrogens (tertiary/aromatic N) is 2. The zero-order valence-electron chi connectivity index (χ0n) is 24.0. The first-order valence-corrected chi connectivity index (χ1v) is 16.4. The molecule has 8 nitrogen and oxygen atoms in total. The number of methoxy groups -OCH3 is 1. The van der Waals surface area contributed by atoms with Crippen molar-refractivity contribution >= 4 is 39.1 Å². The van der Waals surface area contributed by atoms with E-state index in [0.29, 0.717) is 16.5 Å². The first-order chi connectivity index (χ1) is 20.1. The zero-order valence-corrected chi connectivity index (χ0v) is 25.6. The van der Waals surface area contributed by atoms with Crippen molar-refractivity contribution in [3.05, 3.63) is 95.0 Å². The summed E-state index contributed by atoms with van der Waals surface area (Å²) in [6, 6.07) is 22.2. The number of carbonyl (C=O) groups is 2. The Hall–Kier alpha value is -3.56. The molecule has 3 aromatic carbocycles. The van der Waals surface area contributed by atoms with Crippen LogP contribution in [0.15, 0.2) is 78.9 Å². The third-order valence-electron chi connectivity index (χ3n) is 7.50. The second kappa shape index (κ2) is 14.6. The van der Waals surface area contributed by atoms with Crippen LogP contribution in [0.5, 0.6) is 5.75 Å². The highest BCUT2D eigenvalue weighted by Crippen LogP contribution is 2.24. The van der Waals surface area contributed by atoms with Crippen LogP contribution in [0.2, 0.25) is 5.02 Å². The third kappa shape index (κ3) is 8.72. The molecule has 0 aromatic heterocycles. The topological polar surface area (TPSA) is 96.0 Å². The lowest BCUT2D eigenvalue weighted by Gasteiger charge is -2.35. The van der Waals surface area contributed by atoms with Crippen molar-refractivity contribution in [2.75, 3.05) is 24.2 Å². The highest BCUT2D eigenvalue weighted by atomic mass is 35.5. The standard InChI is InChI=1S/C32H38ClN3O5S/c1-41-29-18-16-28(17-19-29)36(42(2,39)40)23-31(37)35(22-25-12-9-13-26(33)20-25)30(21-24-10-5-3-6-11-24)32(38)34-27-14-7-4-8-15-27/h3,5-6,9-13,16-20,27,30H,4,7-8,14-15,21-23H2,1-2H3,(H,34,38)/t30-/m0/s1. The number of hydrogen-bond donors (Lipinski definition) is 1. The van der Waals surface area contributed by atoms with Gasteiger partial charge in [-0.2, -0.15) is 0 Å². The Morgan fingerprint density at radius 2 is 1.62 bits per heavy atom. The van der Waals surface area contributed by atoms with Crippen LogP contribution < -0.4 is 14.4 Å². The number of anilines is 1. The van der Waals surface area contributed by atoms with Gasteiger partial charge in [0, 0.05) is 24.0 Å². The van der Waals surface area contributed by atoms with Gasteiger partial charge in [-0.3, -0.25) is 13.9 Å². The quantitative estimate of drug-likeness (QED) is 0.304. The monoisotopic (exact) mass is 611 g/mol. The van der Waals surface area contributed by atoms with E-state index in [4.69, 9.17) is 16.3 Å². The number of nitrogens with one attached hydrogen (secondary N) is 1. The van der Waals surface area contributed by atoms with Gasteiger partial charge in [0.1, 0.15) is 18.3 Å². The molecule has 10 heteroatoms. The predicted molar refractivity (Wildman–Crippen MR) is 166 cm³/mol. The van der Waals surface area contributed by atoms with Crippen LogP contribution in [0, 0.1) is 0 Å². The summed E-state index contributed by atoms with van der Waals surface area (Å²) in [6.07, 6.45) is 6.36. The molecule has 0 aliphatic heterocycles. The number of sulfonamides is 1. The molecular formula is C32H38ClN3O5S. The molecule has 0 radical (unpaired) electrons. The van der Waals surface area contributed by atoms with E-state index in [2.05, 4.69) is 5.32 Å². The number of benzene rings is 3. The SMILES string of the molecule is COc1ccc(N(CC(=O)N(Cc2cccc(Cl)c2)[C@@H](Cc2ccccc2)C(=O)NC2CCCCC2)S(C)(=O)=O)cc1. The van der Waals surface area contributed by atoms with E-state index < -0.39 is 28.5 Å². The molecule has 0 unspecified atom stereocenters. The summed E-state index contributed by atoms with van der Waals surface area (Å²) in [6.45, 7) is -0.400. The number of amides is 2. The van der Waals surface area contributed by atoms with Crippen LogP contribution in [-0.4, -0.2) is 57.1 Å². The summed E-state index contributed by atoms with van der Waals surface area (Å²) in [4.78, 5) is 29.6. The van der Waals surface area contributed by atoms with Gasteiger partial charge in [-0.1, -0.05) is 73.3 Å². The van der Waals surface area contributed by atoms with Gasteiger partial charge in [0.05, 0.1) is 19.1 Å². The van der Waals surface area contributed by atoms with E-state index in [1.165, 1.54) is 12.0 Å². The molecule has 1 aliphatic rings. The van der Waals surface area contributed by atoms with Gasteiger partial charge in [0.2, 0.25) is 21.8 Å². The van der Waals surface area contributed by atoms with E-state index in [1.54, 1.807) is 42.5 Å². The third-order valence-corrected chi connectivity index (χ3v) is 8.88. The Kier molecular flexibility index (Phi) is 10.9. The Morgan fingerprint density at radius 3 is 2.24 bits per heavy atom. The molecular weight excluding hydrogens is 574 g/mol. The molecule has 2 amide bonds. The summed E-state index contributed by atoms with van der Waals surface area (Å²) in [5, 5.41) is 3.70. The molecule has 3 aromatic rings. The molecule has 1 aliphatic carbocycles. The van der Waals surface area contributed by atoms with Crippen molar-refractivity contribution in [1.82, 2.24) is 10.2 Å². The van der Waals surface area contributed by atoms with Crippen molar-refractivity contribution in [2.24, 2.45) is 0 Å². The predicted octanol–water partition coefficient (Wildman–Crippen LogP) is 5.20. The van der Waals surface area contributed by atoms with Crippen molar-refractivity contribution < 1.29 is 22.7 Å². The molecule has 0 bridgehead atoms. The van der Waals surface area contributed by atoms with Crippen LogP contribution in [0.1, 0.15) is 43.2 Å². The minimum absolute atomic E-state index is 0.0412. The second-order valence-electron chi connectivity index (χ2n) is 10.7. The lowest BCUT2D eigenvalue weighted by Crippen LogP contribution is -2.55. The second-order valence-corrected chi connectivity index (χ2v) is 13.0. The van der Waals surface area contributed by atoms with Crippen LogP contribution in [0.3, 0.4) is 0 Å². The van der Waals surface area contributed by atoms with Crippen LogP contribution in [0.4, 0.5) is 5.69 Å². The van der Waals surface area contributed by atoms with Crippen LogP contribution in [0.25, 0.3) is 0 Å². The highest BCUT2D eigenvalue weighted by molar-refractivity contribution is 7.92. The average molecular weight is 612 g/mol. The summed E-state index contributed by atoms with van der Waals surface area (Å²) in [5.41, 5.74) is 1.94. The van der Waals surface area contributed by atoms with Crippen molar-refractivity contribution in [3.63, 3.8) is 0 Å². The molecule has 1 atom stereocenters. The van der Waals surface area contributed by atoms with E-state index in [0.717, 1.165) is 53.8 Å². The normalized spacial score (nSPS) is 14.5. The maximum Gasteiger partial charge on any atom is 0.244 e. The molecule has 0 saturated heterocycles.